The summed E-state index contributed by atoms with van der Waals surface area (Å²) >= 11 is 0. The minimum Gasteiger partial charge on any atom is -0.375 e. The smallest absolute Gasteiger partial charge is 0.0887 e. The summed E-state index contributed by atoms with van der Waals surface area (Å²) in [6.07, 6.45) is 1.75. The van der Waals surface area contributed by atoms with Crippen molar-refractivity contribution in [3.8, 4) is 0 Å². The molecular formula is C8H10NO. The van der Waals surface area contributed by atoms with Crippen molar-refractivity contribution < 1.29 is 4.74 Å². The molecule has 0 amide bonds. The molecule has 0 saturated heterocycles. The van der Waals surface area contributed by atoms with Gasteiger partial charge in [-0.2, -0.15) is 0 Å². The minimum atomic E-state index is 0.497. The molecule has 0 fully saturated rings. The number of nitrogens with zero attached hydrogens (tertiary/aromatic N) is 1. The summed E-state index contributed by atoms with van der Waals surface area (Å²) in [7, 11) is 0. The molecule has 0 saturated carbocycles. The van der Waals surface area contributed by atoms with Gasteiger partial charge in [0, 0.05) is 12.8 Å². The molecule has 1 radical (unpaired) electrons. The van der Waals surface area contributed by atoms with E-state index in [2.05, 4.69) is 11.9 Å². The van der Waals surface area contributed by atoms with E-state index in [0.717, 1.165) is 5.69 Å². The second kappa shape index (κ2) is 4.01. The van der Waals surface area contributed by atoms with Crippen molar-refractivity contribution in [3.63, 3.8) is 0 Å². The lowest BCUT2D eigenvalue weighted by molar-refractivity contribution is 0.144. The predicted octanol–water partition coefficient (Wildman–Crippen LogP) is 1.43. The molecule has 0 unspecified atom stereocenters. The minimum absolute atomic E-state index is 0.497. The highest BCUT2D eigenvalue weighted by molar-refractivity contribution is 5.01. The van der Waals surface area contributed by atoms with Gasteiger partial charge in [0.25, 0.3) is 0 Å². The lowest BCUT2D eigenvalue weighted by Crippen LogP contribution is -1.93. The maximum atomic E-state index is 5.05. The topological polar surface area (TPSA) is 22.1 Å². The fraction of sp³-hybridized carbons (Fsp3) is 0.250. The van der Waals surface area contributed by atoms with Gasteiger partial charge in [0.1, 0.15) is 0 Å². The van der Waals surface area contributed by atoms with E-state index in [1.807, 2.05) is 18.2 Å². The van der Waals surface area contributed by atoms with E-state index in [-0.39, 0.29) is 0 Å². The third-order valence-electron chi connectivity index (χ3n) is 1.12. The molecule has 0 bridgehead atoms. The molecule has 0 aliphatic carbocycles. The monoisotopic (exact) mass is 136 g/mol. The highest BCUT2D eigenvalue weighted by Crippen LogP contribution is 1.94. The Kier molecular flexibility index (Phi) is 2.90. The first-order valence-electron chi connectivity index (χ1n) is 3.20. The van der Waals surface area contributed by atoms with Crippen LogP contribution in [-0.2, 0) is 11.3 Å². The Balaban J connectivity index is 2.43. The molecule has 2 heteroatoms. The first-order chi connectivity index (χ1) is 4.93. The van der Waals surface area contributed by atoms with Crippen LogP contribution in [0.25, 0.3) is 0 Å². The van der Waals surface area contributed by atoms with Crippen LogP contribution < -0.4 is 0 Å². The maximum absolute atomic E-state index is 5.05. The molecule has 1 heterocycles. The molecule has 2 nitrogen and oxygen atoms in total. The molecule has 1 aromatic rings. The predicted molar refractivity (Wildman–Crippen MR) is 39.3 cm³/mol. The molecular weight excluding hydrogens is 126 g/mol. The number of pyridine rings is 1. The molecule has 53 valence electrons. The van der Waals surface area contributed by atoms with Crippen molar-refractivity contribution in [1.29, 1.82) is 0 Å². The zero-order valence-electron chi connectivity index (χ0n) is 5.79. The lowest BCUT2D eigenvalue weighted by atomic mass is 10.4. The second-order valence-corrected chi connectivity index (χ2v) is 1.87. The SMILES string of the molecule is [CH2]COCc1ccccn1. The highest BCUT2D eigenvalue weighted by atomic mass is 16.5. The van der Waals surface area contributed by atoms with Crippen LogP contribution >= 0.6 is 0 Å². The van der Waals surface area contributed by atoms with Crippen LogP contribution in [0.1, 0.15) is 5.69 Å². The summed E-state index contributed by atoms with van der Waals surface area (Å²) in [5.41, 5.74) is 0.950. The number of ether oxygens (including phenoxy) is 1. The van der Waals surface area contributed by atoms with E-state index >= 15 is 0 Å². The largest absolute Gasteiger partial charge is 0.375 e. The Morgan fingerprint density at radius 2 is 2.40 bits per heavy atom. The van der Waals surface area contributed by atoms with E-state index in [0.29, 0.717) is 13.2 Å². The summed E-state index contributed by atoms with van der Waals surface area (Å²) in [6, 6.07) is 5.75. The summed E-state index contributed by atoms with van der Waals surface area (Å²) in [5.74, 6) is 0. The maximum Gasteiger partial charge on any atom is 0.0887 e. The quantitative estimate of drug-likeness (QED) is 0.627. The summed E-state index contributed by atoms with van der Waals surface area (Å²) in [5, 5.41) is 0. The number of hydrogen-bond donors (Lipinski definition) is 0. The van der Waals surface area contributed by atoms with Gasteiger partial charge in [-0.15, -0.1) is 0 Å². The Labute approximate surface area is 60.9 Å². The average molecular weight is 136 g/mol. The molecule has 0 aliphatic rings. The van der Waals surface area contributed by atoms with Crippen molar-refractivity contribution >= 4 is 0 Å². The van der Waals surface area contributed by atoms with Crippen LogP contribution in [0.3, 0.4) is 0 Å². The number of aromatic nitrogens is 1. The van der Waals surface area contributed by atoms with Gasteiger partial charge >= 0.3 is 0 Å². The molecule has 1 aromatic heterocycles. The molecule has 10 heavy (non-hydrogen) atoms. The number of rotatable bonds is 3. The van der Waals surface area contributed by atoms with Gasteiger partial charge in [-0.25, -0.2) is 0 Å². The van der Waals surface area contributed by atoms with E-state index in [4.69, 9.17) is 4.74 Å². The Hall–Kier alpha value is -0.890. The van der Waals surface area contributed by atoms with Gasteiger partial charge < -0.3 is 4.74 Å². The van der Waals surface area contributed by atoms with Crippen LogP contribution in [0.4, 0.5) is 0 Å². The van der Waals surface area contributed by atoms with E-state index in [9.17, 15) is 0 Å². The molecule has 0 N–H and O–H groups in total. The molecule has 0 spiro atoms. The molecule has 0 atom stereocenters. The fourth-order valence-corrected chi connectivity index (χ4v) is 0.660. The van der Waals surface area contributed by atoms with Crippen LogP contribution in [0.2, 0.25) is 0 Å². The molecule has 0 aromatic carbocycles. The molecule has 0 aliphatic heterocycles. The Morgan fingerprint density at radius 1 is 1.50 bits per heavy atom. The fourth-order valence-electron chi connectivity index (χ4n) is 0.660. The van der Waals surface area contributed by atoms with Crippen molar-refractivity contribution in [2.45, 2.75) is 6.61 Å². The van der Waals surface area contributed by atoms with Crippen molar-refractivity contribution in [2.75, 3.05) is 6.61 Å². The first-order valence-corrected chi connectivity index (χ1v) is 3.20. The van der Waals surface area contributed by atoms with Crippen molar-refractivity contribution in [2.24, 2.45) is 0 Å². The van der Waals surface area contributed by atoms with Gasteiger partial charge in [-0.05, 0) is 19.1 Å². The lowest BCUT2D eigenvalue weighted by Gasteiger charge is -1.97. The van der Waals surface area contributed by atoms with Crippen LogP contribution in [0, 0.1) is 6.92 Å². The standard InChI is InChI=1S/C8H10NO/c1-2-10-7-8-5-3-4-6-9-8/h3-6H,1-2,7H2. The third kappa shape index (κ3) is 2.15. The zero-order chi connectivity index (χ0) is 7.23. The first kappa shape index (κ1) is 7.22. The summed E-state index contributed by atoms with van der Waals surface area (Å²) in [6.45, 7) is 4.61. The van der Waals surface area contributed by atoms with Crippen molar-refractivity contribution in [3.05, 3.63) is 37.0 Å². The van der Waals surface area contributed by atoms with Crippen LogP contribution in [0.5, 0.6) is 0 Å². The van der Waals surface area contributed by atoms with E-state index < -0.39 is 0 Å². The normalized spacial score (nSPS) is 9.70. The Morgan fingerprint density at radius 3 is 3.00 bits per heavy atom. The van der Waals surface area contributed by atoms with Gasteiger partial charge in [-0.3, -0.25) is 4.98 Å². The van der Waals surface area contributed by atoms with Gasteiger partial charge in [0.05, 0.1) is 12.3 Å². The Bertz CT molecular complexity index is 174. The van der Waals surface area contributed by atoms with Crippen molar-refractivity contribution in [1.82, 2.24) is 4.98 Å². The highest BCUT2D eigenvalue weighted by Gasteiger charge is 1.88. The second-order valence-electron chi connectivity index (χ2n) is 1.87. The van der Waals surface area contributed by atoms with E-state index in [1.165, 1.54) is 0 Å². The summed E-state index contributed by atoms with van der Waals surface area (Å²) < 4.78 is 5.05. The zero-order valence-corrected chi connectivity index (χ0v) is 5.79. The molecule has 1 rings (SSSR count). The van der Waals surface area contributed by atoms with Gasteiger partial charge in [0.2, 0.25) is 0 Å². The van der Waals surface area contributed by atoms with Crippen LogP contribution in [0.15, 0.2) is 24.4 Å². The summed E-state index contributed by atoms with van der Waals surface area (Å²) in [4.78, 5) is 4.06. The average Bonchev–Trinajstić information content (AvgIpc) is 2.03. The number of hydrogen-bond acceptors (Lipinski definition) is 2. The van der Waals surface area contributed by atoms with Crippen LogP contribution in [-0.4, -0.2) is 11.6 Å². The van der Waals surface area contributed by atoms with E-state index in [1.54, 1.807) is 6.20 Å². The van der Waals surface area contributed by atoms with Gasteiger partial charge in [-0.1, -0.05) is 6.07 Å². The van der Waals surface area contributed by atoms with Gasteiger partial charge in [0.15, 0.2) is 0 Å². The third-order valence-corrected chi connectivity index (χ3v) is 1.12.